The number of rotatable bonds is 2. The Morgan fingerprint density at radius 3 is 2.21 bits per heavy atom. The Hall–Kier alpha value is -4.24. The number of ether oxygens (including phenoxy) is 1. The minimum atomic E-state index is -1.71. The van der Waals surface area contributed by atoms with Crippen molar-refractivity contribution in [2.45, 2.75) is 30.6 Å². The first-order chi connectivity index (χ1) is 18.6. The third-order valence-corrected chi connectivity index (χ3v) is 7.74. The Morgan fingerprint density at radius 2 is 1.51 bits per heavy atom. The number of phenols is 2. The molecule has 13 nitrogen and oxygen atoms in total. The highest BCUT2D eigenvalue weighted by atomic mass is 16.6. The van der Waals surface area contributed by atoms with E-state index in [4.69, 9.17) is 10.6 Å². The number of benzene rings is 3. The van der Waals surface area contributed by atoms with Crippen LogP contribution in [0.5, 0.6) is 11.5 Å². The molecule has 9 N–H and O–H groups in total. The second kappa shape index (κ2) is 7.89. The minimum absolute atomic E-state index is 0.00185. The number of phenolic OH excluding ortho intramolecular Hbond substituents is 2. The fraction of sp³-hybridized carbons (Fsp3) is 0.231. The van der Waals surface area contributed by atoms with Gasteiger partial charge in [-0.25, -0.2) is 10.9 Å². The lowest BCUT2D eigenvalue weighted by Gasteiger charge is -2.41. The Labute approximate surface area is 217 Å². The van der Waals surface area contributed by atoms with Gasteiger partial charge in [0.2, 0.25) is 0 Å². The van der Waals surface area contributed by atoms with Gasteiger partial charge in [-0.1, -0.05) is 0 Å². The molecule has 1 saturated heterocycles. The second-order valence-electron chi connectivity index (χ2n) is 9.85. The molecule has 0 spiro atoms. The fourth-order valence-electron chi connectivity index (χ4n) is 5.99. The van der Waals surface area contributed by atoms with Crippen molar-refractivity contribution in [2.24, 2.45) is 5.84 Å². The number of nitrogens with one attached hydrogen (secondary N) is 1. The highest BCUT2D eigenvalue weighted by molar-refractivity contribution is 6.39. The van der Waals surface area contributed by atoms with Crippen molar-refractivity contribution in [3.63, 3.8) is 0 Å². The van der Waals surface area contributed by atoms with Crippen LogP contribution in [0.4, 0.5) is 0 Å². The molecule has 7 rings (SSSR count). The summed E-state index contributed by atoms with van der Waals surface area (Å²) in [5.41, 5.74) is 1.33. The number of fused-ring (bicyclic) bond motifs is 10. The number of nitrogens with two attached hydrogens (primary N) is 1. The molecule has 5 aromatic rings. The van der Waals surface area contributed by atoms with Gasteiger partial charge in [-0.05, 0) is 24.3 Å². The number of H-pyrrole nitrogens is 1. The maximum Gasteiger partial charge on any atom is 0.276 e. The molecular weight excluding hydrogens is 512 g/mol. The van der Waals surface area contributed by atoms with E-state index >= 15 is 0 Å². The lowest BCUT2D eigenvalue weighted by Crippen LogP contribution is -2.56. The quantitative estimate of drug-likeness (QED) is 0.0879. The van der Waals surface area contributed by atoms with Crippen molar-refractivity contribution in [1.29, 1.82) is 0 Å². The van der Waals surface area contributed by atoms with Crippen molar-refractivity contribution < 1.29 is 45.0 Å². The van der Waals surface area contributed by atoms with Gasteiger partial charge in [0.1, 0.15) is 35.9 Å². The third-order valence-electron chi connectivity index (χ3n) is 7.74. The van der Waals surface area contributed by atoms with E-state index in [9.17, 15) is 40.2 Å². The van der Waals surface area contributed by atoms with E-state index < -0.39 is 49.1 Å². The van der Waals surface area contributed by atoms with Crippen LogP contribution in [0.25, 0.3) is 43.6 Å². The van der Waals surface area contributed by atoms with Gasteiger partial charge >= 0.3 is 0 Å². The highest BCUT2D eigenvalue weighted by Crippen LogP contribution is 2.47. The van der Waals surface area contributed by atoms with Crippen molar-refractivity contribution in [1.82, 2.24) is 14.6 Å². The number of aromatic nitrogens is 2. The van der Waals surface area contributed by atoms with E-state index in [0.29, 0.717) is 32.2 Å². The van der Waals surface area contributed by atoms with E-state index in [1.54, 1.807) is 6.07 Å². The molecule has 3 aromatic carbocycles. The van der Waals surface area contributed by atoms with Crippen molar-refractivity contribution in [2.75, 3.05) is 6.61 Å². The zero-order valence-electron chi connectivity index (χ0n) is 19.9. The summed E-state index contributed by atoms with van der Waals surface area (Å²) >= 11 is 0. The maximum atomic E-state index is 13.4. The molecule has 0 aliphatic carbocycles. The number of nitrogens with zero attached hydrogens (tertiary/aromatic N) is 2. The standard InChI is InChI=1S/C26H22N4O9/c27-30-24(37)17-15-10-3-1-8(32)5-12(10)28-19(15)20-16(18(17)25(30)38)11-4-2-9(33)6-13(11)29(20)26-23(36)22(35)21(34)14(7-31)39-26/h1-6,14,21-23,26,28,31-36H,7,27H2/t14-,21-,22+,23-,26-/m1/s1. The highest BCUT2D eigenvalue weighted by Gasteiger charge is 2.47. The second-order valence-corrected chi connectivity index (χ2v) is 9.85. The van der Waals surface area contributed by atoms with Gasteiger partial charge in [-0.15, -0.1) is 0 Å². The van der Waals surface area contributed by atoms with Crippen LogP contribution in [0.1, 0.15) is 26.9 Å². The van der Waals surface area contributed by atoms with Crippen molar-refractivity contribution >= 4 is 55.4 Å². The minimum Gasteiger partial charge on any atom is -0.508 e. The van der Waals surface area contributed by atoms with Gasteiger partial charge in [0.05, 0.1) is 39.8 Å². The number of hydrogen-bond donors (Lipinski definition) is 8. The summed E-state index contributed by atoms with van der Waals surface area (Å²) in [4.78, 5) is 29.9. The molecule has 2 amide bonds. The molecule has 2 aliphatic rings. The van der Waals surface area contributed by atoms with Crippen LogP contribution in [-0.4, -0.2) is 88.0 Å². The number of aromatic amines is 1. The maximum absolute atomic E-state index is 13.4. The molecule has 4 heterocycles. The van der Waals surface area contributed by atoms with Crippen molar-refractivity contribution in [3.05, 3.63) is 47.5 Å². The average Bonchev–Trinajstić information content (AvgIpc) is 3.51. The predicted octanol–water partition coefficient (Wildman–Crippen LogP) is 0.282. The first kappa shape index (κ1) is 23.8. The first-order valence-corrected chi connectivity index (χ1v) is 12.0. The Balaban J connectivity index is 1.72. The Kier molecular flexibility index (Phi) is 4.82. The van der Waals surface area contributed by atoms with Crippen LogP contribution in [-0.2, 0) is 4.74 Å². The SMILES string of the molecule is NN1C(=O)c2c(c3c4ccc(O)cc4n([C@@H]4O[C@H](CO)[C@@H](O)[C@H](O)[C@H]4O)c3c3[nH]c4cc(O)ccc4c23)C1=O. The monoisotopic (exact) mass is 534 g/mol. The zero-order chi connectivity index (χ0) is 27.5. The van der Waals surface area contributed by atoms with Gasteiger partial charge in [-0.3, -0.25) is 9.59 Å². The van der Waals surface area contributed by atoms with Crippen LogP contribution in [0.3, 0.4) is 0 Å². The molecule has 0 bridgehead atoms. The van der Waals surface area contributed by atoms with Crippen LogP contribution < -0.4 is 5.84 Å². The number of aromatic hydroxyl groups is 2. The molecule has 0 unspecified atom stereocenters. The number of aliphatic hydroxyl groups excluding tert-OH is 4. The summed E-state index contributed by atoms with van der Waals surface area (Å²) in [5.74, 6) is 4.17. The summed E-state index contributed by atoms with van der Waals surface area (Å²) in [6, 6.07) is 8.75. The molecule has 0 radical (unpaired) electrons. The number of imide groups is 1. The van der Waals surface area contributed by atoms with Crippen LogP contribution >= 0.6 is 0 Å². The number of carbonyl (C=O) groups excluding carboxylic acids is 2. The summed E-state index contributed by atoms with van der Waals surface area (Å²) in [6.45, 7) is -0.671. The van der Waals surface area contributed by atoms with Crippen LogP contribution in [0, 0.1) is 0 Å². The molecule has 0 saturated carbocycles. The van der Waals surface area contributed by atoms with Gasteiger partial charge in [-0.2, -0.15) is 0 Å². The predicted molar refractivity (Wildman–Crippen MR) is 136 cm³/mol. The smallest absolute Gasteiger partial charge is 0.276 e. The number of amides is 2. The summed E-state index contributed by atoms with van der Waals surface area (Å²) in [7, 11) is 0. The molecule has 2 aliphatic heterocycles. The largest absolute Gasteiger partial charge is 0.508 e. The number of carbonyl (C=O) groups is 2. The number of aliphatic hydroxyl groups is 4. The molecule has 13 heteroatoms. The Bertz CT molecular complexity index is 1890. The van der Waals surface area contributed by atoms with E-state index in [-0.39, 0.29) is 39.0 Å². The van der Waals surface area contributed by atoms with Crippen LogP contribution in [0.15, 0.2) is 36.4 Å². The van der Waals surface area contributed by atoms with E-state index in [1.807, 2.05) is 0 Å². The lowest BCUT2D eigenvalue weighted by atomic mass is 9.96. The average molecular weight is 534 g/mol. The molecule has 5 atom stereocenters. The van der Waals surface area contributed by atoms with Gasteiger partial charge < -0.3 is 44.9 Å². The molecule has 2 aromatic heterocycles. The Morgan fingerprint density at radius 1 is 0.872 bits per heavy atom. The molecule has 1 fully saturated rings. The normalized spacial score (nSPS) is 25.6. The fourth-order valence-corrected chi connectivity index (χ4v) is 5.99. The molecule has 39 heavy (non-hydrogen) atoms. The summed E-state index contributed by atoms with van der Waals surface area (Å²) in [6.07, 6.45) is -7.69. The number of hydrazine groups is 1. The van der Waals surface area contributed by atoms with Gasteiger partial charge in [0.15, 0.2) is 6.23 Å². The first-order valence-electron chi connectivity index (χ1n) is 12.0. The van der Waals surface area contributed by atoms with E-state index in [0.717, 1.165) is 0 Å². The van der Waals surface area contributed by atoms with Crippen LogP contribution in [0.2, 0.25) is 0 Å². The van der Waals surface area contributed by atoms with E-state index in [2.05, 4.69) is 4.98 Å². The summed E-state index contributed by atoms with van der Waals surface area (Å²) in [5, 5.41) is 64.4. The molecule has 200 valence electrons. The zero-order valence-corrected chi connectivity index (χ0v) is 19.9. The molecular formula is C26H22N4O9. The van der Waals surface area contributed by atoms with E-state index in [1.165, 1.54) is 34.9 Å². The third kappa shape index (κ3) is 2.93. The lowest BCUT2D eigenvalue weighted by molar-refractivity contribution is -0.249. The van der Waals surface area contributed by atoms with Gasteiger partial charge in [0, 0.05) is 33.7 Å². The summed E-state index contributed by atoms with van der Waals surface area (Å²) < 4.78 is 7.34. The van der Waals surface area contributed by atoms with Gasteiger partial charge in [0.25, 0.3) is 11.8 Å². The van der Waals surface area contributed by atoms with Crippen molar-refractivity contribution in [3.8, 4) is 11.5 Å². The number of hydrogen-bond acceptors (Lipinski definition) is 10. The topological polar surface area (TPSA) is 215 Å².